The number of allylic oxidation sites excluding steroid dienone is 1. The number of ether oxygens (including phenoxy) is 1. The molecule has 0 saturated heterocycles. The number of halogens is 1. The Kier molecular flexibility index (Phi) is 4.53. The summed E-state index contributed by atoms with van der Waals surface area (Å²) >= 11 is 5.77. The van der Waals surface area contributed by atoms with Gasteiger partial charge in [0.25, 0.3) is 0 Å². The van der Waals surface area contributed by atoms with Gasteiger partial charge in [-0.25, -0.2) is 9.78 Å². The van der Waals surface area contributed by atoms with Crippen LogP contribution in [-0.2, 0) is 9.53 Å². The number of nitrogens with zero attached hydrogens (tertiary/aromatic N) is 1. The van der Waals surface area contributed by atoms with Gasteiger partial charge in [0.2, 0.25) is 0 Å². The molecular weight excluding hydrogens is 314 g/mol. The summed E-state index contributed by atoms with van der Waals surface area (Å²) in [5.41, 5.74) is 1.26. The van der Waals surface area contributed by atoms with Gasteiger partial charge in [0.1, 0.15) is 11.3 Å². The van der Waals surface area contributed by atoms with Crippen LogP contribution < -0.4 is 0 Å². The van der Waals surface area contributed by atoms with Crippen molar-refractivity contribution in [3.63, 3.8) is 0 Å². The summed E-state index contributed by atoms with van der Waals surface area (Å²) < 4.78 is 5.48. The lowest BCUT2D eigenvalue weighted by Gasteiger charge is -2.24. The molecule has 0 fully saturated rings. The van der Waals surface area contributed by atoms with E-state index >= 15 is 0 Å². The largest absolute Gasteiger partial charge is 0.454 e. The molecule has 0 aliphatic heterocycles. The molecule has 2 atom stereocenters. The number of carbonyl (C=O) groups excluding carboxylic acids is 2. The molecule has 0 amide bonds. The quantitative estimate of drug-likeness (QED) is 0.638. The first-order chi connectivity index (χ1) is 11.1. The summed E-state index contributed by atoms with van der Waals surface area (Å²) in [6.07, 6.45) is 4.63. The standard InChI is InChI=1S/C18H14ClNO3/c19-17-9-6-13(11-20-17)15-10-14(7-8-16(15)21)23-18(22)12-4-2-1-3-5-12/h1-9,11,14-15H,10H2/t14-,15+/m0/s1. The van der Waals surface area contributed by atoms with Crippen LogP contribution in [0.4, 0.5) is 0 Å². The van der Waals surface area contributed by atoms with Crippen LogP contribution in [-0.4, -0.2) is 22.8 Å². The fourth-order valence-electron chi connectivity index (χ4n) is 2.51. The minimum atomic E-state index is -0.443. The third-order valence-electron chi connectivity index (χ3n) is 3.71. The van der Waals surface area contributed by atoms with Crippen molar-refractivity contribution in [3.05, 3.63) is 77.1 Å². The maximum absolute atomic E-state index is 12.1. The highest BCUT2D eigenvalue weighted by Crippen LogP contribution is 2.28. The Morgan fingerprint density at radius 3 is 2.65 bits per heavy atom. The molecule has 1 aliphatic rings. The molecule has 0 bridgehead atoms. The maximum Gasteiger partial charge on any atom is 0.338 e. The van der Waals surface area contributed by atoms with Gasteiger partial charge in [-0.15, -0.1) is 0 Å². The molecule has 2 aromatic rings. The van der Waals surface area contributed by atoms with E-state index in [2.05, 4.69) is 4.98 Å². The predicted molar refractivity (Wildman–Crippen MR) is 86.4 cm³/mol. The van der Waals surface area contributed by atoms with Crippen LogP contribution in [0.3, 0.4) is 0 Å². The monoisotopic (exact) mass is 327 g/mol. The van der Waals surface area contributed by atoms with Crippen LogP contribution in [0.5, 0.6) is 0 Å². The Labute approximate surface area is 138 Å². The van der Waals surface area contributed by atoms with E-state index in [1.165, 1.54) is 6.08 Å². The van der Waals surface area contributed by atoms with Crippen molar-refractivity contribution < 1.29 is 14.3 Å². The second kappa shape index (κ2) is 6.75. The highest BCUT2D eigenvalue weighted by Gasteiger charge is 2.28. The number of hydrogen-bond donors (Lipinski definition) is 0. The Morgan fingerprint density at radius 2 is 1.96 bits per heavy atom. The molecule has 1 heterocycles. The number of esters is 1. The molecule has 116 valence electrons. The Hall–Kier alpha value is -2.46. The minimum absolute atomic E-state index is 0.0267. The normalized spacial score (nSPS) is 20.3. The van der Waals surface area contributed by atoms with Crippen molar-refractivity contribution in [1.29, 1.82) is 0 Å². The smallest absolute Gasteiger partial charge is 0.338 e. The van der Waals surface area contributed by atoms with Crippen LogP contribution in [0.1, 0.15) is 28.3 Å². The first-order valence-corrected chi connectivity index (χ1v) is 7.61. The summed E-state index contributed by atoms with van der Waals surface area (Å²) in [5.74, 6) is -0.804. The minimum Gasteiger partial charge on any atom is -0.454 e. The first kappa shape index (κ1) is 15.4. The summed E-state index contributed by atoms with van der Waals surface area (Å²) in [6.45, 7) is 0. The highest BCUT2D eigenvalue weighted by molar-refractivity contribution is 6.29. The lowest BCUT2D eigenvalue weighted by molar-refractivity contribution is -0.117. The molecule has 3 rings (SSSR count). The second-order valence-corrected chi connectivity index (χ2v) is 5.66. The molecule has 0 N–H and O–H groups in total. The van der Waals surface area contributed by atoms with Crippen molar-refractivity contribution in [2.24, 2.45) is 0 Å². The topological polar surface area (TPSA) is 56.3 Å². The number of carbonyl (C=O) groups is 2. The van der Waals surface area contributed by atoms with Gasteiger partial charge in [-0.1, -0.05) is 35.9 Å². The van der Waals surface area contributed by atoms with E-state index in [9.17, 15) is 9.59 Å². The van der Waals surface area contributed by atoms with Crippen LogP contribution in [0.15, 0.2) is 60.8 Å². The summed E-state index contributed by atoms with van der Waals surface area (Å²) in [5, 5.41) is 0.375. The van der Waals surface area contributed by atoms with Gasteiger partial charge in [-0.05, 0) is 35.9 Å². The fraction of sp³-hybridized carbons (Fsp3) is 0.167. The van der Waals surface area contributed by atoms with Gasteiger partial charge in [-0.2, -0.15) is 0 Å². The van der Waals surface area contributed by atoms with Crippen molar-refractivity contribution in [2.45, 2.75) is 18.4 Å². The Bertz CT molecular complexity index is 741. The van der Waals surface area contributed by atoms with E-state index in [1.807, 2.05) is 6.07 Å². The number of aromatic nitrogens is 1. The number of benzene rings is 1. The molecule has 1 aromatic carbocycles. The Morgan fingerprint density at radius 1 is 1.17 bits per heavy atom. The van der Waals surface area contributed by atoms with Crippen LogP contribution >= 0.6 is 11.6 Å². The van der Waals surface area contributed by atoms with Crippen LogP contribution in [0.2, 0.25) is 5.15 Å². The lowest BCUT2D eigenvalue weighted by atomic mass is 9.86. The van der Waals surface area contributed by atoms with Gasteiger partial charge in [-0.3, -0.25) is 4.79 Å². The van der Waals surface area contributed by atoms with E-state index in [4.69, 9.17) is 16.3 Å². The van der Waals surface area contributed by atoms with Crippen molar-refractivity contribution in [1.82, 2.24) is 4.98 Å². The molecule has 0 saturated carbocycles. The Balaban J connectivity index is 1.73. The van der Waals surface area contributed by atoms with Gasteiger partial charge < -0.3 is 4.74 Å². The number of pyridine rings is 1. The summed E-state index contributed by atoms with van der Waals surface area (Å²) in [6, 6.07) is 12.2. The number of rotatable bonds is 3. The number of ketones is 1. The van der Waals surface area contributed by atoms with Gasteiger partial charge in [0.05, 0.1) is 11.5 Å². The molecule has 23 heavy (non-hydrogen) atoms. The van der Waals surface area contributed by atoms with Crippen LogP contribution in [0.25, 0.3) is 0 Å². The molecule has 4 nitrogen and oxygen atoms in total. The zero-order valence-corrected chi connectivity index (χ0v) is 12.9. The average molecular weight is 328 g/mol. The van der Waals surface area contributed by atoms with E-state index < -0.39 is 12.1 Å². The summed E-state index contributed by atoms with van der Waals surface area (Å²) in [7, 11) is 0. The van der Waals surface area contributed by atoms with Crippen LogP contribution in [0, 0.1) is 0 Å². The highest BCUT2D eigenvalue weighted by atomic mass is 35.5. The number of hydrogen-bond acceptors (Lipinski definition) is 4. The van der Waals surface area contributed by atoms with Gasteiger partial charge >= 0.3 is 5.97 Å². The van der Waals surface area contributed by atoms with Crippen molar-refractivity contribution >= 4 is 23.4 Å². The molecule has 1 aliphatic carbocycles. The summed E-state index contributed by atoms with van der Waals surface area (Å²) in [4.78, 5) is 28.2. The van der Waals surface area contributed by atoms with E-state index in [-0.39, 0.29) is 11.7 Å². The molecule has 1 aromatic heterocycles. The van der Waals surface area contributed by atoms with Crippen molar-refractivity contribution in [2.75, 3.05) is 0 Å². The first-order valence-electron chi connectivity index (χ1n) is 7.23. The predicted octanol–water partition coefficient (Wildman–Crippen LogP) is 3.57. The molecule has 0 spiro atoms. The average Bonchev–Trinajstić information content (AvgIpc) is 2.58. The third kappa shape index (κ3) is 3.66. The van der Waals surface area contributed by atoms with E-state index in [1.54, 1.807) is 48.7 Å². The molecular formula is C18H14ClNO3. The van der Waals surface area contributed by atoms with Crippen molar-refractivity contribution in [3.8, 4) is 0 Å². The SMILES string of the molecule is O=C(O[C@H]1C=CC(=O)[C@@H](c2ccc(Cl)nc2)C1)c1ccccc1. The second-order valence-electron chi connectivity index (χ2n) is 5.27. The third-order valence-corrected chi connectivity index (χ3v) is 3.93. The zero-order chi connectivity index (χ0) is 16.2. The molecule has 0 radical (unpaired) electrons. The maximum atomic E-state index is 12.1. The van der Waals surface area contributed by atoms with Gasteiger partial charge in [0, 0.05) is 12.6 Å². The van der Waals surface area contributed by atoms with Gasteiger partial charge in [0.15, 0.2) is 5.78 Å². The van der Waals surface area contributed by atoms with E-state index in [0.29, 0.717) is 17.1 Å². The molecule has 5 heteroatoms. The molecule has 0 unspecified atom stereocenters. The zero-order valence-electron chi connectivity index (χ0n) is 12.2. The fourth-order valence-corrected chi connectivity index (χ4v) is 2.62. The lowest BCUT2D eigenvalue weighted by Crippen LogP contribution is -2.26. The van der Waals surface area contributed by atoms with E-state index in [0.717, 1.165) is 5.56 Å².